The smallest absolute Gasteiger partial charge is 0.256 e. The topological polar surface area (TPSA) is 29.5 Å². The van der Waals surface area contributed by atoms with Crippen LogP contribution in [0.1, 0.15) is 10.4 Å². The average molecular weight is 290 g/mol. The first-order valence-corrected chi connectivity index (χ1v) is 5.55. The van der Waals surface area contributed by atoms with E-state index in [1.165, 1.54) is 17.0 Å². The summed E-state index contributed by atoms with van der Waals surface area (Å²) in [4.78, 5) is 13.2. The third-order valence-electron chi connectivity index (χ3n) is 2.14. The van der Waals surface area contributed by atoms with Gasteiger partial charge in [-0.05, 0) is 18.2 Å². The molecule has 0 fully saturated rings. The van der Waals surface area contributed by atoms with Crippen molar-refractivity contribution in [2.24, 2.45) is 0 Å². The minimum absolute atomic E-state index is 0.0711. The predicted molar refractivity (Wildman–Crippen MR) is 62.9 cm³/mol. The van der Waals surface area contributed by atoms with Gasteiger partial charge in [0.2, 0.25) is 0 Å². The summed E-state index contributed by atoms with van der Waals surface area (Å²) < 4.78 is 18.9. The number of hydrogen-bond donors (Lipinski definition) is 0. The molecule has 0 radical (unpaired) electrons. The number of nitrogens with zero attached hydrogens (tertiary/aromatic N) is 1. The fourth-order valence-electron chi connectivity index (χ4n) is 1.20. The number of halogens is 2. The van der Waals surface area contributed by atoms with E-state index < -0.39 is 5.82 Å². The number of ether oxygens (including phenoxy) is 1. The van der Waals surface area contributed by atoms with Crippen molar-refractivity contribution in [2.45, 2.75) is 0 Å². The lowest BCUT2D eigenvalue weighted by Crippen LogP contribution is -2.30. The van der Waals surface area contributed by atoms with E-state index in [4.69, 9.17) is 4.74 Å². The van der Waals surface area contributed by atoms with E-state index in [1.54, 1.807) is 20.2 Å². The van der Waals surface area contributed by atoms with E-state index in [0.29, 0.717) is 17.6 Å². The number of rotatable bonds is 4. The second-order valence-electron chi connectivity index (χ2n) is 3.34. The minimum Gasteiger partial charge on any atom is -0.383 e. The third kappa shape index (κ3) is 3.28. The Morgan fingerprint density at radius 1 is 1.56 bits per heavy atom. The van der Waals surface area contributed by atoms with Crippen LogP contribution in [-0.2, 0) is 4.74 Å². The van der Waals surface area contributed by atoms with Crippen molar-refractivity contribution < 1.29 is 13.9 Å². The zero-order valence-corrected chi connectivity index (χ0v) is 10.8. The molecule has 1 rings (SSSR count). The van der Waals surface area contributed by atoms with Gasteiger partial charge in [-0.3, -0.25) is 4.79 Å². The zero-order valence-electron chi connectivity index (χ0n) is 9.17. The Hall–Kier alpha value is -0.940. The summed E-state index contributed by atoms with van der Waals surface area (Å²) in [6, 6.07) is 4.38. The lowest BCUT2D eigenvalue weighted by atomic mass is 10.2. The zero-order chi connectivity index (χ0) is 12.1. The Morgan fingerprint density at radius 2 is 2.25 bits per heavy atom. The van der Waals surface area contributed by atoms with Crippen LogP contribution in [0.5, 0.6) is 0 Å². The van der Waals surface area contributed by atoms with Crippen LogP contribution >= 0.6 is 15.9 Å². The first-order valence-electron chi connectivity index (χ1n) is 4.75. The Bertz CT molecular complexity index is 384. The maximum absolute atomic E-state index is 13.5. The minimum atomic E-state index is -0.524. The monoisotopic (exact) mass is 289 g/mol. The van der Waals surface area contributed by atoms with Gasteiger partial charge in [0.05, 0.1) is 12.2 Å². The highest BCUT2D eigenvalue weighted by atomic mass is 79.9. The van der Waals surface area contributed by atoms with Crippen LogP contribution < -0.4 is 0 Å². The molecule has 0 spiro atoms. The van der Waals surface area contributed by atoms with Crippen molar-refractivity contribution in [3.8, 4) is 0 Å². The lowest BCUT2D eigenvalue weighted by Gasteiger charge is -2.16. The number of likely N-dealkylation sites (N-methyl/N-ethyl adjacent to an activating group) is 1. The van der Waals surface area contributed by atoms with E-state index in [1.807, 2.05) is 0 Å². The fraction of sp³-hybridized carbons (Fsp3) is 0.364. The molecule has 0 unspecified atom stereocenters. The van der Waals surface area contributed by atoms with Gasteiger partial charge in [-0.15, -0.1) is 0 Å². The summed E-state index contributed by atoms with van der Waals surface area (Å²) in [7, 11) is 3.17. The number of carbonyl (C=O) groups excluding carboxylic acids is 1. The summed E-state index contributed by atoms with van der Waals surface area (Å²) in [5.74, 6) is -0.870. The van der Waals surface area contributed by atoms with Gasteiger partial charge in [-0.2, -0.15) is 0 Å². The normalized spacial score (nSPS) is 10.2. The second-order valence-corrected chi connectivity index (χ2v) is 4.26. The molecule has 0 aliphatic carbocycles. The molecule has 1 amide bonds. The first-order chi connectivity index (χ1) is 7.56. The summed E-state index contributed by atoms with van der Waals surface area (Å²) in [5.41, 5.74) is 0.0711. The molecule has 16 heavy (non-hydrogen) atoms. The van der Waals surface area contributed by atoms with Gasteiger partial charge >= 0.3 is 0 Å². The maximum atomic E-state index is 13.5. The molecule has 0 heterocycles. The largest absolute Gasteiger partial charge is 0.383 e. The van der Waals surface area contributed by atoms with Gasteiger partial charge in [0, 0.05) is 25.2 Å². The van der Waals surface area contributed by atoms with Crippen molar-refractivity contribution in [2.75, 3.05) is 27.3 Å². The van der Waals surface area contributed by atoms with Crippen LogP contribution in [0.3, 0.4) is 0 Å². The quantitative estimate of drug-likeness (QED) is 0.851. The first kappa shape index (κ1) is 13.1. The molecule has 3 nitrogen and oxygen atoms in total. The van der Waals surface area contributed by atoms with Gasteiger partial charge in [-0.1, -0.05) is 15.9 Å². The van der Waals surface area contributed by atoms with Gasteiger partial charge in [0.15, 0.2) is 0 Å². The standard InChI is InChI=1S/C11H13BrFNO2/c1-14(5-6-16-2)11(15)9-4-3-8(12)7-10(9)13/h3-4,7H,5-6H2,1-2H3. The predicted octanol–water partition coefficient (Wildman–Crippen LogP) is 2.31. The molecule has 1 aromatic carbocycles. The number of hydrogen-bond acceptors (Lipinski definition) is 2. The molecule has 0 saturated carbocycles. The molecule has 88 valence electrons. The van der Waals surface area contributed by atoms with E-state index >= 15 is 0 Å². The van der Waals surface area contributed by atoms with Gasteiger partial charge < -0.3 is 9.64 Å². The van der Waals surface area contributed by atoms with Crippen molar-refractivity contribution in [1.29, 1.82) is 0 Å². The Kier molecular flexibility index (Phi) is 4.89. The molecular formula is C11H13BrFNO2. The van der Waals surface area contributed by atoms with Gasteiger partial charge in [-0.25, -0.2) is 4.39 Å². The molecule has 0 aliphatic rings. The second kappa shape index (κ2) is 5.96. The Labute approximate surface area is 102 Å². The summed E-state index contributed by atoms with van der Waals surface area (Å²) in [6.07, 6.45) is 0. The molecule has 5 heteroatoms. The maximum Gasteiger partial charge on any atom is 0.256 e. The number of carbonyl (C=O) groups is 1. The average Bonchev–Trinajstić information content (AvgIpc) is 2.25. The van der Waals surface area contributed by atoms with Gasteiger partial charge in [0.25, 0.3) is 5.91 Å². The molecule has 0 bridgehead atoms. The Balaban J connectivity index is 2.79. The van der Waals surface area contributed by atoms with E-state index in [9.17, 15) is 9.18 Å². The highest BCUT2D eigenvalue weighted by molar-refractivity contribution is 9.10. The summed E-state index contributed by atoms with van der Waals surface area (Å²) in [6.45, 7) is 0.866. The Morgan fingerprint density at radius 3 is 2.81 bits per heavy atom. The number of amides is 1. The van der Waals surface area contributed by atoms with E-state index in [2.05, 4.69) is 15.9 Å². The van der Waals surface area contributed by atoms with Crippen LogP contribution in [0.2, 0.25) is 0 Å². The number of methoxy groups -OCH3 is 1. The van der Waals surface area contributed by atoms with Crippen LogP contribution in [0, 0.1) is 5.82 Å². The van der Waals surface area contributed by atoms with Crippen LogP contribution in [0.4, 0.5) is 4.39 Å². The molecule has 0 aromatic heterocycles. The van der Waals surface area contributed by atoms with Crippen molar-refractivity contribution in [3.05, 3.63) is 34.1 Å². The summed E-state index contributed by atoms with van der Waals surface area (Å²) >= 11 is 3.14. The lowest BCUT2D eigenvalue weighted by molar-refractivity contribution is 0.0739. The third-order valence-corrected chi connectivity index (χ3v) is 2.63. The molecule has 0 saturated heterocycles. The molecule has 0 aliphatic heterocycles. The van der Waals surface area contributed by atoms with E-state index in [0.717, 1.165) is 0 Å². The summed E-state index contributed by atoms with van der Waals surface area (Å²) in [5, 5.41) is 0. The van der Waals surface area contributed by atoms with Crippen LogP contribution in [0.15, 0.2) is 22.7 Å². The molecule has 1 aromatic rings. The molecule has 0 N–H and O–H groups in total. The SMILES string of the molecule is COCCN(C)C(=O)c1ccc(Br)cc1F. The number of benzene rings is 1. The van der Waals surface area contributed by atoms with Crippen molar-refractivity contribution >= 4 is 21.8 Å². The fourth-order valence-corrected chi connectivity index (χ4v) is 1.53. The molecule has 0 atom stereocenters. The highest BCUT2D eigenvalue weighted by Crippen LogP contribution is 2.16. The van der Waals surface area contributed by atoms with E-state index in [-0.39, 0.29) is 11.5 Å². The van der Waals surface area contributed by atoms with Crippen molar-refractivity contribution in [3.63, 3.8) is 0 Å². The molecular weight excluding hydrogens is 277 g/mol. The highest BCUT2D eigenvalue weighted by Gasteiger charge is 2.15. The van der Waals surface area contributed by atoms with Gasteiger partial charge in [0.1, 0.15) is 5.82 Å². The van der Waals surface area contributed by atoms with Crippen molar-refractivity contribution in [1.82, 2.24) is 4.90 Å². The van der Waals surface area contributed by atoms with Crippen LogP contribution in [-0.4, -0.2) is 38.1 Å². The van der Waals surface area contributed by atoms with Crippen LogP contribution in [0.25, 0.3) is 0 Å².